The van der Waals surface area contributed by atoms with Crippen LogP contribution in [0.2, 0.25) is 0 Å². The molecule has 0 aliphatic rings. The van der Waals surface area contributed by atoms with E-state index in [1.165, 1.54) is 0 Å². The minimum absolute atomic E-state index is 0.169. The van der Waals surface area contributed by atoms with E-state index in [9.17, 15) is 9.59 Å². The molecule has 1 unspecified atom stereocenters. The van der Waals surface area contributed by atoms with Gasteiger partial charge in [0.25, 0.3) is 5.91 Å². The second-order valence-corrected chi connectivity index (χ2v) is 3.75. The number of nitrogens with two attached hydrogens (primary N) is 1. The Morgan fingerprint density at radius 3 is 1.69 bits per heavy atom. The summed E-state index contributed by atoms with van der Waals surface area (Å²) in [5.74, 6) is -0.831. The van der Waals surface area contributed by atoms with Crippen LogP contribution in [0.5, 0.6) is 0 Å². The molecule has 0 aromatic rings. The Bertz CT molecular complexity index is 198. The quantitative estimate of drug-likeness (QED) is 0.682. The van der Waals surface area contributed by atoms with Gasteiger partial charge in [0.15, 0.2) is 0 Å². The highest BCUT2D eigenvalue weighted by molar-refractivity contribution is 6.36. The Morgan fingerprint density at radius 1 is 1.00 bits per heavy atom. The monoisotopic (exact) mass is 229 g/mol. The van der Waals surface area contributed by atoms with Crippen LogP contribution in [0.4, 0.5) is 0 Å². The van der Waals surface area contributed by atoms with Crippen molar-refractivity contribution in [1.82, 2.24) is 0 Å². The molecule has 0 radical (unpaired) electrons. The van der Waals surface area contributed by atoms with E-state index in [1.54, 1.807) is 0 Å². The number of rotatable bonds is 7. The molecule has 1 amide bonds. The Kier molecular flexibility index (Phi) is 11.7. The zero-order chi connectivity index (χ0) is 13.1. The summed E-state index contributed by atoms with van der Waals surface area (Å²) in [5, 5.41) is 0. The maximum absolute atomic E-state index is 11.4. The highest BCUT2D eigenvalue weighted by atomic mass is 16.2. The highest BCUT2D eigenvalue weighted by Crippen LogP contribution is 2.21. The van der Waals surface area contributed by atoms with Crippen molar-refractivity contribution >= 4 is 11.7 Å². The fourth-order valence-electron chi connectivity index (χ4n) is 1.68. The third-order valence-electron chi connectivity index (χ3n) is 2.88. The van der Waals surface area contributed by atoms with Gasteiger partial charge in [0.2, 0.25) is 5.78 Å². The van der Waals surface area contributed by atoms with E-state index in [4.69, 9.17) is 5.73 Å². The molecular formula is C13H27NO2. The van der Waals surface area contributed by atoms with Crippen molar-refractivity contribution in [3.8, 4) is 0 Å². The van der Waals surface area contributed by atoms with Crippen molar-refractivity contribution in [1.29, 1.82) is 0 Å². The fraction of sp³-hybridized carbons (Fsp3) is 0.846. The van der Waals surface area contributed by atoms with Crippen molar-refractivity contribution in [2.45, 2.75) is 60.3 Å². The minimum atomic E-state index is -0.789. The van der Waals surface area contributed by atoms with Gasteiger partial charge in [-0.05, 0) is 18.8 Å². The van der Waals surface area contributed by atoms with E-state index >= 15 is 0 Å². The van der Waals surface area contributed by atoms with Gasteiger partial charge in [0, 0.05) is 5.92 Å². The molecule has 0 spiro atoms. The van der Waals surface area contributed by atoms with Crippen molar-refractivity contribution in [3.63, 3.8) is 0 Å². The maximum atomic E-state index is 11.4. The number of hydrogen-bond donors (Lipinski definition) is 1. The smallest absolute Gasteiger partial charge is 0.285 e. The van der Waals surface area contributed by atoms with Gasteiger partial charge in [-0.1, -0.05) is 47.5 Å². The molecule has 16 heavy (non-hydrogen) atoms. The topological polar surface area (TPSA) is 60.2 Å². The van der Waals surface area contributed by atoms with Crippen LogP contribution in [0, 0.1) is 11.8 Å². The number of carbonyl (C=O) groups excluding carboxylic acids is 2. The summed E-state index contributed by atoms with van der Waals surface area (Å²) < 4.78 is 0. The largest absolute Gasteiger partial charge is 0.363 e. The molecule has 3 nitrogen and oxygen atoms in total. The summed E-state index contributed by atoms with van der Waals surface area (Å²) in [5.41, 5.74) is 4.98. The van der Waals surface area contributed by atoms with Crippen LogP contribution in [0.15, 0.2) is 0 Å². The molecule has 0 saturated carbocycles. The van der Waals surface area contributed by atoms with Crippen LogP contribution in [-0.4, -0.2) is 11.7 Å². The Morgan fingerprint density at radius 2 is 1.44 bits per heavy atom. The predicted octanol–water partition coefficient (Wildman–Crippen LogP) is 2.92. The van der Waals surface area contributed by atoms with Gasteiger partial charge in [0.1, 0.15) is 0 Å². The van der Waals surface area contributed by atoms with Crippen molar-refractivity contribution < 1.29 is 9.59 Å². The van der Waals surface area contributed by atoms with Crippen molar-refractivity contribution in [2.24, 2.45) is 17.6 Å². The standard InChI is InChI=1S/C11H21NO2.C2H6/c1-4-8(5-2)7-9(6-3)10(13)11(12)14;1-2/h8-9H,4-7H2,1-3H3,(H2,12,14);1-2H3. The van der Waals surface area contributed by atoms with Crippen LogP contribution < -0.4 is 5.73 Å². The van der Waals surface area contributed by atoms with E-state index < -0.39 is 11.7 Å². The average Bonchev–Trinajstić information content (AvgIpc) is 2.32. The van der Waals surface area contributed by atoms with Crippen molar-refractivity contribution in [2.75, 3.05) is 0 Å². The zero-order valence-corrected chi connectivity index (χ0v) is 11.4. The lowest BCUT2D eigenvalue weighted by molar-refractivity contribution is -0.138. The number of carbonyl (C=O) groups is 2. The van der Waals surface area contributed by atoms with Crippen LogP contribution in [0.25, 0.3) is 0 Å². The Labute approximate surface area is 99.8 Å². The van der Waals surface area contributed by atoms with E-state index in [-0.39, 0.29) is 5.92 Å². The summed E-state index contributed by atoms with van der Waals surface area (Å²) >= 11 is 0. The molecule has 0 aliphatic carbocycles. The first-order chi connectivity index (χ1) is 7.56. The van der Waals surface area contributed by atoms with Gasteiger partial charge in [-0.2, -0.15) is 0 Å². The minimum Gasteiger partial charge on any atom is -0.363 e. The summed E-state index contributed by atoms with van der Waals surface area (Å²) in [6.45, 7) is 10.1. The van der Waals surface area contributed by atoms with Crippen LogP contribution in [0.1, 0.15) is 60.3 Å². The molecule has 1 atom stereocenters. The Balaban J connectivity index is 0. The molecule has 0 aromatic heterocycles. The first kappa shape index (κ1) is 17.5. The molecule has 0 rings (SSSR count). The first-order valence-electron chi connectivity index (χ1n) is 6.40. The maximum Gasteiger partial charge on any atom is 0.285 e. The third kappa shape index (κ3) is 6.59. The highest BCUT2D eigenvalue weighted by Gasteiger charge is 2.23. The van der Waals surface area contributed by atoms with Gasteiger partial charge >= 0.3 is 0 Å². The van der Waals surface area contributed by atoms with Gasteiger partial charge in [-0.25, -0.2) is 0 Å². The summed E-state index contributed by atoms with van der Waals surface area (Å²) in [7, 11) is 0. The zero-order valence-electron chi connectivity index (χ0n) is 11.4. The average molecular weight is 229 g/mol. The normalized spacial score (nSPS) is 11.6. The summed E-state index contributed by atoms with van der Waals surface area (Å²) in [6, 6.07) is 0. The molecule has 0 heterocycles. The molecule has 0 fully saturated rings. The molecule has 0 saturated heterocycles. The van der Waals surface area contributed by atoms with Crippen molar-refractivity contribution in [3.05, 3.63) is 0 Å². The molecule has 0 bridgehead atoms. The first-order valence-corrected chi connectivity index (χ1v) is 6.40. The number of Topliss-reactive ketones (excluding diaryl/α,β-unsaturated/α-hetero) is 1. The molecular weight excluding hydrogens is 202 g/mol. The van der Waals surface area contributed by atoms with Crippen LogP contribution in [0.3, 0.4) is 0 Å². The number of ketones is 1. The van der Waals surface area contributed by atoms with E-state index in [0.29, 0.717) is 12.3 Å². The predicted molar refractivity (Wildman–Crippen MR) is 68.0 cm³/mol. The third-order valence-corrected chi connectivity index (χ3v) is 2.88. The summed E-state index contributed by atoms with van der Waals surface area (Å²) in [4.78, 5) is 22.1. The molecule has 0 aromatic carbocycles. The van der Waals surface area contributed by atoms with Gasteiger partial charge < -0.3 is 5.73 Å². The lowest BCUT2D eigenvalue weighted by Crippen LogP contribution is -2.31. The lowest BCUT2D eigenvalue weighted by Gasteiger charge is -2.18. The van der Waals surface area contributed by atoms with Crippen LogP contribution in [-0.2, 0) is 9.59 Å². The van der Waals surface area contributed by atoms with E-state index in [2.05, 4.69) is 13.8 Å². The van der Waals surface area contributed by atoms with E-state index in [0.717, 1.165) is 19.3 Å². The van der Waals surface area contributed by atoms with Crippen LogP contribution >= 0.6 is 0 Å². The van der Waals surface area contributed by atoms with Gasteiger partial charge in [-0.3, -0.25) is 9.59 Å². The SMILES string of the molecule is CC.CCC(CC)CC(CC)C(=O)C(N)=O. The fourth-order valence-corrected chi connectivity index (χ4v) is 1.68. The molecule has 96 valence electrons. The second kappa shape index (κ2) is 10.7. The molecule has 2 N–H and O–H groups in total. The number of amides is 1. The second-order valence-electron chi connectivity index (χ2n) is 3.75. The Hall–Kier alpha value is -0.860. The number of hydrogen-bond acceptors (Lipinski definition) is 2. The van der Waals surface area contributed by atoms with Gasteiger partial charge in [0.05, 0.1) is 0 Å². The molecule has 3 heteroatoms. The molecule has 0 aliphatic heterocycles. The number of primary amides is 1. The summed E-state index contributed by atoms with van der Waals surface area (Å²) in [6.07, 6.45) is 3.61. The van der Waals surface area contributed by atoms with E-state index in [1.807, 2.05) is 20.8 Å². The van der Waals surface area contributed by atoms with Gasteiger partial charge in [-0.15, -0.1) is 0 Å². The lowest BCUT2D eigenvalue weighted by atomic mass is 9.86.